The summed E-state index contributed by atoms with van der Waals surface area (Å²) in [7, 11) is 0. The van der Waals surface area contributed by atoms with Gasteiger partial charge in [0.1, 0.15) is 5.88 Å². The first-order valence-corrected chi connectivity index (χ1v) is 11.2. The van der Waals surface area contributed by atoms with Gasteiger partial charge in [0.05, 0.1) is 18.1 Å². The van der Waals surface area contributed by atoms with Crippen LogP contribution in [0.1, 0.15) is 37.4 Å². The first-order valence-electron chi connectivity index (χ1n) is 10.7. The number of benzene rings is 1. The van der Waals surface area contributed by atoms with Crippen molar-refractivity contribution in [1.29, 1.82) is 0 Å². The van der Waals surface area contributed by atoms with Crippen molar-refractivity contribution in [2.45, 2.75) is 43.7 Å². The van der Waals surface area contributed by atoms with Crippen LogP contribution < -0.4 is 10.2 Å². The molecule has 2 aromatic heterocycles. The first-order chi connectivity index (χ1) is 16.4. The maximum absolute atomic E-state index is 13.6. The van der Waals surface area contributed by atoms with Crippen molar-refractivity contribution in [3.8, 4) is 11.3 Å². The van der Waals surface area contributed by atoms with Gasteiger partial charge in [-0.1, -0.05) is 5.16 Å². The number of carbonyl (C=O) groups is 2. The fraction of sp³-hybridized carbons (Fsp3) is 0.348. The van der Waals surface area contributed by atoms with Crippen LogP contribution in [0.25, 0.3) is 11.3 Å². The van der Waals surface area contributed by atoms with Crippen LogP contribution in [-0.2, 0) is 9.59 Å². The highest BCUT2D eigenvalue weighted by Crippen LogP contribution is 2.34. The van der Waals surface area contributed by atoms with Crippen molar-refractivity contribution < 1.29 is 22.9 Å². The average Bonchev–Trinajstić information content (AvgIpc) is 3.39. The molecule has 1 N–H and O–H groups in total. The van der Waals surface area contributed by atoms with E-state index in [2.05, 4.69) is 20.4 Å². The number of rotatable bonds is 7. The van der Waals surface area contributed by atoms with Crippen molar-refractivity contribution in [3.05, 3.63) is 60.8 Å². The standard InChI is InChI=1S/C23H22ClF2N5O3/c24-13-20(32)31(17-3-1-15(2-4-17)19-7-10-29-34-19)21(18-14-27-11-12-28-18)22(33)30-16-5-8-23(25,26)9-6-16/h1-4,7,10-12,14,16,21H,5-6,8-9,13H2,(H,30,33). The molecule has 1 aliphatic carbocycles. The normalized spacial score (nSPS) is 16.6. The lowest BCUT2D eigenvalue weighted by Crippen LogP contribution is -2.49. The minimum atomic E-state index is -2.72. The van der Waals surface area contributed by atoms with Crippen molar-refractivity contribution in [1.82, 2.24) is 20.4 Å². The largest absolute Gasteiger partial charge is 0.356 e. The van der Waals surface area contributed by atoms with Gasteiger partial charge in [-0.2, -0.15) is 0 Å². The maximum atomic E-state index is 13.6. The molecule has 1 fully saturated rings. The Morgan fingerprint density at radius 3 is 2.47 bits per heavy atom. The zero-order valence-corrected chi connectivity index (χ0v) is 18.8. The lowest BCUT2D eigenvalue weighted by Gasteiger charge is -2.33. The van der Waals surface area contributed by atoms with Crippen LogP contribution in [-0.4, -0.2) is 44.8 Å². The molecule has 178 valence electrons. The fourth-order valence-corrected chi connectivity index (χ4v) is 4.08. The van der Waals surface area contributed by atoms with E-state index in [0.29, 0.717) is 11.4 Å². The SMILES string of the molecule is O=C(NC1CCC(F)(F)CC1)C(c1cnccn1)N(C(=O)CCl)c1ccc(-c2ccno2)cc1. The second kappa shape index (κ2) is 10.3. The van der Waals surface area contributed by atoms with E-state index in [9.17, 15) is 18.4 Å². The zero-order chi connectivity index (χ0) is 24.1. The predicted octanol–water partition coefficient (Wildman–Crippen LogP) is 4.14. The van der Waals surface area contributed by atoms with Gasteiger partial charge in [0, 0.05) is 48.6 Å². The van der Waals surface area contributed by atoms with Crippen molar-refractivity contribution in [3.63, 3.8) is 0 Å². The number of carbonyl (C=O) groups excluding carboxylic acids is 2. The third-order valence-electron chi connectivity index (χ3n) is 5.68. The van der Waals surface area contributed by atoms with Gasteiger partial charge in [-0.15, -0.1) is 11.6 Å². The Kier molecular flexibility index (Phi) is 7.16. The summed E-state index contributed by atoms with van der Waals surface area (Å²) in [5.74, 6) is -3.65. The van der Waals surface area contributed by atoms with Gasteiger partial charge in [-0.3, -0.25) is 24.5 Å². The molecular weight excluding hydrogens is 468 g/mol. The van der Waals surface area contributed by atoms with E-state index >= 15 is 0 Å². The second-order valence-electron chi connectivity index (χ2n) is 7.99. The molecule has 2 amide bonds. The molecule has 2 heterocycles. The predicted molar refractivity (Wildman–Crippen MR) is 120 cm³/mol. The number of aromatic nitrogens is 3. The van der Waals surface area contributed by atoms with E-state index < -0.39 is 29.8 Å². The topological polar surface area (TPSA) is 101 Å². The van der Waals surface area contributed by atoms with E-state index in [-0.39, 0.29) is 37.3 Å². The van der Waals surface area contributed by atoms with Crippen LogP contribution in [0.2, 0.25) is 0 Å². The highest BCUT2D eigenvalue weighted by molar-refractivity contribution is 6.29. The molecule has 0 spiro atoms. The molecule has 1 atom stereocenters. The molecule has 11 heteroatoms. The zero-order valence-electron chi connectivity index (χ0n) is 18.0. The molecule has 0 bridgehead atoms. The Morgan fingerprint density at radius 1 is 1.15 bits per heavy atom. The summed E-state index contributed by atoms with van der Waals surface area (Å²) in [6.45, 7) is 0. The first kappa shape index (κ1) is 23.7. The van der Waals surface area contributed by atoms with Gasteiger partial charge < -0.3 is 9.84 Å². The number of hydrogen-bond acceptors (Lipinski definition) is 6. The summed E-state index contributed by atoms with van der Waals surface area (Å²) in [6.07, 6.45) is 5.43. The molecule has 1 saturated carbocycles. The number of halogens is 3. The molecule has 4 rings (SSSR count). The second-order valence-corrected chi connectivity index (χ2v) is 8.26. The number of nitrogens with one attached hydrogen (secondary N) is 1. The van der Waals surface area contributed by atoms with Crippen LogP contribution in [0.4, 0.5) is 14.5 Å². The van der Waals surface area contributed by atoms with Gasteiger partial charge >= 0.3 is 0 Å². The van der Waals surface area contributed by atoms with Crippen LogP contribution in [0.3, 0.4) is 0 Å². The molecule has 0 aliphatic heterocycles. The minimum absolute atomic E-state index is 0.140. The minimum Gasteiger partial charge on any atom is -0.356 e. The molecular formula is C23H22ClF2N5O3. The van der Waals surface area contributed by atoms with Crippen LogP contribution in [0.5, 0.6) is 0 Å². The number of anilines is 1. The van der Waals surface area contributed by atoms with Crippen LogP contribution in [0.15, 0.2) is 59.6 Å². The van der Waals surface area contributed by atoms with Gasteiger partial charge in [-0.25, -0.2) is 8.78 Å². The smallest absolute Gasteiger partial charge is 0.249 e. The lowest BCUT2D eigenvalue weighted by atomic mass is 9.92. The Labute approximate surface area is 199 Å². The monoisotopic (exact) mass is 489 g/mol. The summed E-state index contributed by atoms with van der Waals surface area (Å²) < 4.78 is 32.3. The summed E-state index contributed by atoms with van der Waals surface area (Å²) >= 11 is 5.90. The molecule has 0 saturated heterocycles. The third kappa shape index (κ3) is 5.39. The van der Waals surface area contributed by atoms with E-state index in [1.165, 1.54) is 29.7 Å². The highest BCUT2D eigenvalue weighted by Gasteiger charge is 2.38. The molecule has 1 unspecified atom stereocenters. The number of nitrogens with zero attached hydrogens (tertiary/aromatic N) is 4. The van der Waals surface area contributed by atoms with E-state index in [1.54, 1.807) is 30.3 Å². The maximum Gasteiger partial charge on any atom is 0.249 e. The van der Waals surface area contributed by atoms with E-state index in [4.69, 9.17) is 16.1 Å². The average molecular weight is 490 g/mol. The van der Waals surface area contributed by atoms with Crippen molar-refractivity contribution in [2.75, 3.05) is 10.8 Å². The summed E-state index contributed by atoms with van der Waals surface area (Å²) in [5, 5.41) is 6.50. The molecule has 34 heavy (non-hydrogen) atoms. The number of hydrogen-bond donors (Lipinski definition) is 1. The molecule has 1 aliphatic rings. The van der Waals surface area contributed by atoms with Crippen LogP contribution in [0, 0.1) is 0 Å². The summed E-state index contributed by atoms with van der Waals surface area (Å²) in [4.78, 5) is 35.9. The third-order valence-corrected chi connectivity index (χ3v) is 5.91. The van der Waals surface area contributed by atoms with Gasteiger partial charge in [0.15, 0.2) is 11.8 Å². The van der Waals surface area contributed by atoms with Gasteiger partial charge in [0.25, 0.3) is 0 Å². The van der Waals surface area contributed by atoms with Crippen molar-refractivity contribution >= 4 is 29.1 Å². The highest BCUT2D eigenvalue weighted by atomic mass is 35.5. The number of alkyl halides is 3. The van der Waals surface area contributed by atoms with Crippen LogP contribution >= 0.6 is 11.6 Å². The Morgan fingerprint density at radius 2 is 1.88 bits per heavy atom. The Hall–Kier alpha value is -3.40. The quantitative estimate of drug-likeness (QED) is 0.500. The Bertz CT molecular complexity index is 1100. The molecule has 8 nitrogen and oxygen atoms in total. The molecule has 3 aromatic rings. The lowest BCUT2D eigenvalue weighted by molar-refractivity contribution is -0.127. The summed E-state index contributed by atoms with van der Waals surface area (Å²) in [6, 6.07) is 6.81. The van der Waals surface area contributed by atoms with Crippen molar-refractivity contribution in [2.24, 2.45) is 0 Å². The van der Waals surface area contributed by atoms with E-state index in [1.807, 2.05) is 0 Å². The van der Waals surface area contributed by atoms with Gasteiger partial charge in [-0.05, 0) is 37.1 Å². The molecule has 1 aromatic carbocycles. The summed E-state index contributed by atoms with van der Waals surface area (Å²) in [5.41, 5.74) is 1.34. The molecule has 0 radical (unpaired) electrons. The van der Waals surface area contributed by atoms with E-state index in [0.717, 1.165) is 5.56 Å². The Balaban J connectivity index is 1.65. The number of amides is 2. The van der Waals surface area contributed by atoms with Gasteiger partial charge in [0.2, 0.25) is 17.7 Å². The fourth-order valence-electron chi connectivity index (χ4n) is 3.95.